The van der Waals surface area contributed by atoms with Gasteiger partial charge in [-0.05, 0) is 52.8 Å². The zero-order valence-corrected chi connectivity index (χ0v) is 14.1. The van der Waals surface area contributed by atoms with Crippen LogP contribution in [0.4, 0.5) is 5.82 Å². The molecular weight excluding hydrogens is 373 g/mol. The highest BCUT2D eigenvalue weighted by Gasteiger charge is 2.18. The van der Waals surface area contributed by atoms with Crippen LogP contribution in [0, 0.1) is 10.5 Å². The maximum Gasteiger partial charge on any atom is 0.129 e. The van der Waals surface area contributed by atoms with E-state index in [1.54, 1.807) is 4.68 Å². The molecule has 0 saturated carbocycles. The van der Waals surface area contributed by atoms with Gasteiger partial charge in [0.25, 0.3) is 0 Å². The van der Waals surface area contributed by atoms with Gasteiger partial charge in [0, 0.05) is 16.2 Å². The molecule has 0 amide bonds. The van der Waals surface area contributed by atoms with Crippen LogP contribution in [0.3, 0.4) is 0 Å². The number of nitrogen functional groups attached to an aromatic ring is 1. The van der Waals surface area contributed by atoms with Gasteiger partial charge in [0.1, 0.15) is 11.5 Å². The summed E-state index contributed by atoms with van der Waals surface area (Å²) in [5.74, 6) is 0.693. The van der Waals surface area contributed by atoms with Crippen molar-refractivity contribution in [2.45, 2.75) is 6.92 Å². The molecule has 0 spiro atoms. The molecule has 3 nitrogen and oxygen atoms in total. The zero-order chi connectivity index (χ0) is 15.0. The summed E-state index contributed by atoms with van der Waals surface area (Å²) in [7, 11) is 1.88. The fourth-order valence-electron chi connectivity index (χ4n) is 2.49. The average Bonchev–Trinajstić information content (AvgIpc) is 2.76. The van der Waals surface area contributed by atoms with Crippen LogP contribution in [0.5, 0.6) is 0 Å². The Morgan fingerprint density at radius 3 is 2.57 bits per heavy atom. The van der Waals surface area contributed by atoms with E-state index >= 15 is 0 Å². The first-order chi connectivity index (χ1) is 10.1. The van der Waals surface area contributed by atoms with E-state index in [1.807, 2.05) is 25.2 Å². The van der Waals surface area contributed by atoms with E-state index in [2.05, 4.69) is 64.9 Å². The first kappa shape index (κ1) is 14.1. The third-order valence-electron chi connectivity index (χ3n) is 3.60. The van der Waals surface area contributed by atoms with E-state index in [9.17, 15) is 0 Å². The number of aromatic nitrogens is 2. The summed E-state index contributed by atoms with van der Waals surface area (Å²) >= 11 is 2.31. The number of anilines is 1. The summed E-state index contributed by atoms with van der Waals surface area (Å²) in [4.78, 5) is 0. The lowest BCUT2D eigenvalue weighted by Gasteiger charge is -2.08. The van der Waals surface area contributed by atoms with Gasteiger partial charge in [0.2, 0.25) is 0 Å². The zero-order valence-electron chi connectivity index (χ0n) is 12.0. The monoisotopic (exact) mass is 389 g/mol. The van der Waals surface area contributed by atoms with Gasteiger partial charge >= 0.3 is 0 Å². The number of halogens is 1. The van der Waals surface area contributed by atoms with E-state index in [0.717, 1.165) is 22.4 Å². The summed E-state index contributed by atoms with van der Waals surface area (Å²) in [6.45, 7) is 2.10. The Morgan fingerprint density at radius 1 is 1.10 bits per heavy atom. The number of benzene rings is 2. The van der Waals surface area contributed by atoms with Crippen molar-refractivity contribution in [1.82, 2.24) is 9.78 Å². The number of aryl methyl sites for hydroxylation is 2. The second kappa shape index (κ2) is 5.52. The molecule has 0 saturated heterocycles. The summed E-state index contributed by atoms with van der Waals surface area (Å²) in [5, 5.41) is 4.63. The van der Waals surface area contributed by atoms with Gasteiger partial charge in [-0.25, -0.2) is 0 Å². The molecule has 4 heteroatoms. The van der Waals surface area contributed by atoms with Gasteiger partial charge in [-0.15, -0.1) is 0 Å². The first-order valence-electron chi connectivity index (χ1n) is 6.72. The molecule has 0 atom stereocenters. The van der Waals surface area contributed by atoms with Crippen LogP contribution in [0.2, 0.25) is 0 Å². The highest BCUT2D eigenvalue weighted by atomic mass is 127. The van der Waals surface area contributed by atoms with Crippen LogP contribution in [0.1, 0.15) is 5.56 Å². The number of rotatable bonds is 2. The van der Waals surface area contributed by atoms with Crippen molar-refractivity contribution in [3.63, 3.8) is 0 Å². The van der Waals surface area contributed by atoms with Crippen molar-refractivity contribution in [2.24, 2.45) is 7.05 Å². The summed E-state index contributed by atoms with van der Waals surface area (Å²) in [6, 6.07) is 16.6. The third kappa shape index (κ3) is 2.55. The highest BCUT2D eigenvalue weighted by Crippen LogP contribution is 2.37. The fraction of sp³-hybridized carbons (Fsp3) is 0.118. The minimum absolute atomic E-state index is 0.693. The molecule has 0 aliphatic rings. The molecule has 0 fully saturated rings. The Balaban J connectivity index is 2.29. The normalized spacial score (nSPS) is 10.8. The van der Waals surface area contributed by atoms with Crippen LogP contribution in [0.25, 0.3) is 22.4 Å². The van der Waals surface area contributed by atoms with Gasteiger partial charge in [-0.3, -0.25) is 4.68 Å². The number of nitrogens with zero attached hydrogens (tertiary/aromatic N) is 2. The Hall–Kier alpha value is -1.82. The molecule has 1 heterocycles. The summed E-state index contributed by atoms with van der Waals surface area (Å²) < 4.78 is 2.93. The molecule has 0 unspecified atom stereocenters. The van der Waals surface area contributed by atoms with E-state index in [1.165, 1.54) is 9.13 Å². The molecule has 2 N–H and O–H groups in total. The predicted molar refractivity (Wildman–Crippen MR) is 95.9 cm³/mol. The molecule has 0 bridgehead atoms. The lowest BCUT2D eigenvalue weighted by Crippen LogP contribution is -1.98. The lowest BCUT2D eigenvalue weighted by atomic mass is 9.97. The van der Waals surface area contributed by atoms with Crippen LogP contribution in [-0.2, 0) is 7.05 Å². The Bertz CT molecular complexity index is 806. The molecule has 21 heavy (non-hydrogen) atoms. The van der Waals surface area contributed by atoms with Crippen molar-refractivity contribution in [3.8, 4) is 22.4 Å². The lowest BCUT2D eigenvalue weighted by molar-refractivity contribution is 0.782. The van der Waals surface area contributed by atoms with Crippen molar-refractivity contribution in [3.05, 3.63) is 57.7 Å². The van der Waals surface area contributed by atoms with E-state index < -0.39 is 0 Å². The molecule has 106 valence electrons. The van der Waals surface area contributed by atoms with Crippen molar-refractivity contribution in [2.75, 3.05) is 5.73 Å². The summed E-state index contributed by atoms with van der Waals surface area (Å²) in [6.07, 6.45) is 0. The van der Waals surface area contributed by atoms with Crippen molar-refractivity contribution >= 4 is 28.4 Å². The quantitative estimate of drug-likeness (QED) is 0.666. The Labute approximate surface area is 137 Å². The topological polar surface area (TPSA) is 43.8 Å². The minimum Gasteiger partial charge on any atom is -0.383 e. The smallest absolute Gasteiger partial charge is 0.129 e. The standard InChI is InChI=1S/C17H16IN3/c1-11-6-3-4-9-14(11)15-16(20-21(2)17(15)19)12-7-5-8-13(18)10-12/h3-10H,19H2,1-2H3. The predicted octanol–water partition coefficient (Wildman–Crippen LogP) is 4.25. The van der Waals surface area contributed by atoms with Gasteiger partial charge in [-0.2, -0.15) is 5.10 Å². The molecule has 0 aliphatic heterocycles. The molecule has 3 rings (SSSR count). The summed E-state index contributed by atoms with van der Waals surface area (Å²) in [5.41, 5.74) is 11.6. The fourth-order valence-corrected chi connectivity index (χ4v) is 3.04. The number of nitrogens with two attached hydrogens (primary N) is 1. The average molecular weight is 389 g/mol. The van der Waals surface area contributed by atoms with E-state index in [0.29, 0.717) is 5.82 Å². The first-order valence-corrected chi connectivity index (χ1v) is 7.80. The minimum atomic E-state index is 0.693. The maximum absolute atomic E-state index is 6.28. The van der Waals surface area contributed by atoms with Gasteiger partial charge in [-0.1, -0.05) is 36.4 Å². The highest BCUT2D eigenvalue weighted by molar-refractivity contribution is 14.1. The molecule has 0 radical (unpaired) electrons. The second-order valence-electron chi connectivity index (χ2n) is 5.06. The number of hydrogen-bond acceptors (Lipinski definition) is 2. The number of hydrogen-bond donors (Lipinski definition) is 1. The van der Waals surface area contributed by atoms with E-state index in [-0.39, 0.29) is 0 Å². The van der Waals surface area contributed by atoms with Crippen molar-refractivity contribution in [1.29, 1.82) is 0 Å². The maximum atomic E-state index is 6.28. The van der Waals surface area contributed by atoms with Crippen LogP contribution in [-0.4, -0.2) is 9.78 Å². The molecule has 3 aromatic rings. The van der Waals surface area contributed by atoms with Crippen LogP contribution >= 0.6 is 22.6 Å². The van der Waals surface area contributed by atoms with Gasteiger partial charge in [0.15, 0.2) is 0 Å². The van der Waals surface area contributed by atoms with E-state index in [4.69, 9.17) is 5.73 Å². The Morgan fingerprint density at radius 2 is 1.86 bits per heavy atom. The van der Waals surface area contributed by atoms with Crippen LogP contribution < -0.4 is 5.73 Å². The third-order valence-corrected chi connectivity index (χ3v) is 4.28. The molecular formula is C17H16IN3. The molecule has 0 aliphatic carbocycles. The molecule has 2 aromatic carbocycles. The SMILES string of the molecule is Cc1ccccc1-c1c(-c2cccc(I)c2)nn(C)c1N. The van der Waals surface area contributed by atoms with Crippen LogP contribution in [0.15, 0.2) is 48.5 Å². The molecule has 1 aromatic heterocycles. The largest absolute Gasteiger partial charge is 0.383 e. The van der Waals surface area contributed by atoms with Gasteiger partial charge in [0.05, 0.1) is 5.56 Å². The Kier molecular flexibility index (Phi) is 3.71. The van der Waals surface area contributed by atoms with Gasteiger partial charge < -0.3 is 5.73 Å². The van der Waals surface area contributed by atoms with Crippen molar-refractivity contribution < 1.29 is 0 Å². The second-order valence-corrected chi connectivity index (χ2v) is 6.30.